The quantitative estimate of drug-likeness (QED) is 0.719. The van der Waals surface area contributed by atoms with Crippen molar-refractivity contribution in [3.05, 3.63) is 66.2 Å². The van der Waals surface area contributed by atoms with E-state index in [1.807, 2.05) is 37.2 Å². The summed E-state index contributed by atoms with van der Waals surface area (Å²) in [4.78, 5) is 13.1. The van der Waals surface area contributed by atoms with Crippen LogP contribution in [0.2, 0.25) is 0 Å². The number of carbonyl (C=O) groups is 1. The zero-order valence-electron chi connectivity index (χ0n) is 14.3. The topological polar surface area (TPSA) is 86.7 Å². The van der Waals surface area contributed by atoms with Gasteiger partial charge >= 0.3 is 5.97 Å². The van der Waals surface area contributed by atoms with Gasteiger partial charge in [-0.15, -0.1) is 0 Å². The van der Waals surface area contributed by atoms with Crippen LogP contribution in [0.4, 0.5) is 11.4 Å². The predicted molar refractivity (Wildman–Crippen MR) is 102 cm³/mol. The fourth-order valence-corrected chi connectivity index (χ4v) is 4.09. The van der Waals surface area contributed by atoms with Crippen LogP contribution in [0.3, 0.4) is 0 Å². The van der Waals surface area contributed by atoms with E-state index in [2.05, 4.69) is 4.72 Å². The molecular formula is C19H18N2O4S. The zero-order valence-corrected chi connectivity index (χ0v) is 15.1. The number of nitrogens with zero attached hydrogens (tertiary/aromatic N) is 1. The van der Waals surface area contributed by atoms with Crippen molar-refractivity contribution in [3.8, 4) is 0 Å². The van der Waals surface area contributed by atoms with Crippen LogP contribution in [0.1, 0.15) is 10.4 Å². The van der Waals surface area contributed by atoms with E-state index in [-0.39, 0.29) is 16.1 Å². The number of carboxylic acids is 1. The lowest BCUT2D eigenvalue weighted by atomic mass is 10.1. The molecule has 134 valence electrons. The third-order valence-corrected chi connectivity index (χ3v) is 5.43. The highest BCUT2D eigenvalue weighted by atomic mass is 32.2. The highest BCUT2D eigenvalue weighted by Crippen LogP contribution is 2.31. The number of nitrogens with one attached hydrogen (secondary N) is 1. The second-order valence-corrected chi connectivity index (χ2v) is 7.67. The number of benzene rings is 3. The Bertz CT molecular complexity index is 1090. The van der Waals surface area contributed by atoms with Crippen LogP contribution in [0.15, 0.2) is 65.6 Å². The molecule has 0 saturated heterocycles. The number of carboxylic acid groups (broad SMARTS) is 1. The van der Waals surface area contributed by atoms with Gasteiger partial charge in [0.15, 0.2) is 0 Å². The summed E-state index contributed by atoms with van der Waals surface area (Å²) < 4.78 is 28.3. The summed E-state index contributed by atoms with van der Waals surface area (Å²) in [7, 11) is -0.0974. The van der Waals surface area contributed by atoms with Crippen molar-refractivity contribution < 1.29 is 18.3 Å². The van der Waals surface area contributed by atoms with Crippen LogP contribution in [-0.2, 0) is 10.0 Å². The molecular weight excluding hydrogens is 352 g/mol. The third kappa shape index (κ3) is 3.34. The number of fused-ring (bicyclic) bond motifs is 1. The summed E-state index contributed by atoms with van der Waals surface area (Å²) in [5.41, 5.74) is 1.12. The Morgan fingerprint density at radius 3 is 2.31 bits per heavy atom. The van der Waals surface area contributed by atoms with E-state index in [1.165, 1.54) is 30.3 Å². The van der Waals surface area contributed by atoms with Crippen LogP contribution in [0.5, 0.6) is 0 Å². The van der Waals surface area contributed by atoms with Gasteiger partial charge in [-0.1, -0.05) is 30.3 Å². The number of sulfonamides is 1. The van der Waals surface area contributed by atoms with E-state index < -0.39 is 16.0 Å². The van der Waals surface area contributed by atoms with Crippen LogP contribution in [0.25, 0.3) is 10.8 Å². The Hall–Kier alpha value is -3.06. The molecule has 0 bridgehead atoms. The molecule has 0 unspecified atom stereocenters. The van der Waals surface area contributed by atoms with Crippen LogP contribution in [-0.4, -0.2) is 33.6 Å². The minimum atomic E-state index is -3.89. The molecule has 0 radical (unpaired) electrons. The van der Waals surface area contributed by atoms with Crippen molar-refractivity contribution in [3.63, 3.8) is 0 Å². The molecule has 0 aliphatic heterocycles. The first-order valence-electron chi connectivity index (χ1n) is 7.85. The van der Waals surface area contributed by atoms with Crippen molar-refractivity contribution in [1.29, 1.82) is 0 Å². The Kier molecular flexibility index (Phi) is 4.56. The molecule has 0 atom stereocenters. The monoisotopic (exact) mass is 370 g/mol. The fraction of sp³-hybridized carbons (Fsp3) is 0.105. The minimum Gasteiger partial charge on any atom is -0.478 e. The Morgan fingerprint density at radius 1 is 0.962 bits per heavy atom. The van der Waals surface area contributed by atoms with Crippen molar-refractivity contribution >= 4 is 38.1 Å². The molecule has 3 aromatic rings. The van der Waals surface area contributed by atoms with Gasteiger partial charge in [-0.25, -0.2) is 13.2 Å². The summed E-state index contributed by atoms with van der Waals surface area (Å²) in [6, 6.07) is 16.3. The SMILES string of the molecule is CN(C)c1cccc2c(S(=O)(=O)Nc3cccc(C(=O)O)c3)cccc12. The van der Waals surface area contributed by atoms with Crippen LogP contribution < -0.4 is 9.62 Å². The number of hydrogen-bond donors (Lipinski definition) is 2. The standard InChI is InChI=1S/C19H18N2O4S/c1-21(2)17-10-4-9-16-15(17)8-5-11-18(16)26(24,25)20-14-7-3-6-13(12-14)19(22)23/h3-12,20H,1-2H3,(H,22,23). The normalized spacial score (nSPS) is 11.3. The Labute approximate surface area is 151 Å². The van der Waals surface area contributed by atoms with Crippen molar-refractivity contribution in [2.24, 2.45) is 0 Å². The van der Waals surface area contributed by atoms with Gasteiger partial charge in [-0.05, 0) is 30.3 Å². The van der Waals surface area contributed by atoms with E-state index in [4.69, 9.17) is 5.11 Å². The molecule has 0 aliphatic carbocycles. The molecule has 3 aromatic carbocycles. The van der Waals surface area contributed by atoms with Crippen LogP contribution in [0, 0.1) is 0 Å². The van der Waals surface area contributed by atoms with Gasteiger partial charge < -0.3 is 10.0 Å². The molecule has 0 spiro atoms. The summed E-state index contributed by atoms with van der Waals surface area (Å²) >= 11 is 0. The molecule has 26 heavy (non-hydrogen) atoms. The van der Waals surface area contributed by atoms with Gasteiger partial charge in [0.2, 0.25) is 0 Å². The summed E-state index contributed by atoms with van der Waals surface area (Å²) in [5, 5.41) is 10.5. The predicted octanol–water partition coefficient (Wildman–Crippen LogP) is 3.40. The van der Waals surface area contributed by atoms with E-state index in [1.54, 1.807) is 12.1 Å². The van der Waals surface area contributed by atoms with Crippen molar-refractivity contribution in [1.82, 2.24) is 0 Å². The highest BCUT2D eigenvalue weighted by Gasteiger charge is 2.19. The lowest BCUT2D eigenvalue weighted by molar-refractivity contribution is 0.0697. The molecule has 0 heterocycles. The number of aromatic carboxylic acids is 1. The van der Waals surface area contributed by atoms with Gasteiger partial charge in [0.25, 0.3) is 10.0 Å². The van der Waals surface area contributed by atoms with Crippen LogP contribution >= 0.6 is 0 Å². The minimum absolute atomic E-state index is 0.0120. The molecule has 0 aromatic heterocycles. The molecule has 2 N–H and O–H groups in total. The van der Waals surface area contributed by atoms with Crippen molar-refractivity contribution in [2.45, 2.75) is 4.90 Å². The molecule has 3 rings (SSSR count). The molecule has 0 aliphatic rings. The summed E-state index contributed by atoms with van der Waals surface area (Å²) in [6.07, 6.45) is 0. The maximum Gasteiger partial charge on any atom is 0.335 e. The van der Waals surface area contributed by atoms with E-state index in [0.29, 0.717) is 5.39 Å². The summed E-state index contributed by atoms with van der Waals surface area (Å²) in [6.45, 7) is 0. The summed E-state index contributed by atoms with van der Waals surface area (Å²) in [5.74, 6) is -1.12. The number of anilines is 2. The van der Waals surface area contributed by atoms with E-state index in [9.17, 15) is 13.2 Å². The van der Waals surface area contributed by atoms with Gasteiger partial charge in [-0.2, -0.15) is 0 Å². The molecule has 0 amide bonds. The maximum absolute atomic E-state index is 12.9. The largest absolute Gasteiger partial charge is 0.478 e. The number of rotatable bonds is 5. The average molecular weight is 370 g/mol. The average Bonchev–Trinajstić information content (AvgIpc) is 2.60. The van der Waals surface area contributed by atoms with Crippen molar-refractivity contribution in [2.75, 3.05) is 23.7 Å². The first kappa shape index (κ1) is 17.8. The highest BCUT2D eigenvalue weighted by molar-refractivity contribution is 7.93. The molecule has 0 fully saturated rings. The lowest BCUT2D eigenvalue weighted by Crippen LogP contribution is -2.14. The second-order valence-electron chi connectivity index (χ2n) is 6.01. The van der Waals surface area contributed by atoms with Gasteiger partial charge in [0, 0.05) is 36.2 Å². The van der Waals surface area contributed by atoms with E-state index >= 15 is 0 Å². The lowest BCUT2D eigenvalue weighted by Gasteiger charge is -2.17. The third-order valence-electron chi connectivity index (χ3n) is 3.99. The first-order valence-corrected chi connectivity index (χ1v) is 9.33. The van der Waals surface area contributed by atoms with E-state index in [0.717, 1.165) is 11.1 Å². The second kappa shape index (κ2) is 6.68. The Morgan fingerprint density at radius 2 is 1.62 bits per heavy atom. The molecule has 7 heteroatoms. The Balaban J connectivity index is 2.09. The van der Waals surface area contributed by atoms with Gasteiger partial charge in [0.05, 0.1) is 10.5 Å². The molecule has 6 nitrogen and oxygen atoms in total. The van der Waals surface area contributed by atoms with Gasteiger partial charge in [0.1, 0.15) is 0 Å². The van der Waals surface area contributed by atoms with Gasteiger partial charge in [-0.3, -0.25) is 4.72 Å². The smallest absolute Gasteiger partial charge is 0.335 e. The zero-order chi connectivity index (χ0) is 18.9. The maximum atomic E-state index is 12.9. The first-order chi connectivity index (χ1) is 12.3. The molecule has 0 saturated carbocycles. The number of hydrogen-bond acceptors (Lipinski definition) is 4. The fourth-order valence-electron chi connectivity index (χ4n) is 2.81.